The van der Waals surface area contributed by atoms with Crippen molar-refractivity contribution in [2.24, 2.45) is 4.99 Å². The zero-order valence-electron chi connectivity index (χ0n) is 12.4. The molecule has 1 aromatic heterocycles. The fourth-order valence-corrected chi connectivity index (χ4v) is 3.04. The molecule has 0 aliphatic carbocycles. The molecule has 0 saturated carbocycles. The molecule has 0 spiro atoms. The van der Waals surface area contributed by atoms with Crippen molar-refractivity contribution >= 4 is 27.1 Å². The van der Waals surface area contributed by atoms with E-state index >= 15 is 0 Å². The molecule has 7 heteroatoms. The highest BCUT2D eigenvalue weighted by molar-refractivity contribution is 7.92. The number of thiophene rings is 1. The average Bonchev–Trinajstić information content (AvgIpc) is 2.85. The van der Waals surface area contributed by atoms with E-state index in [0.29, 0.717) is 19.0 Å². The molecule has 5 nitrogen and oxygen atoms in total. The number of hydrogen-bond acceptors (Lipinski definition) is 4. The first-order chi connectivity index (χ1) is 9.26. The van der Waals surface area contributed by atoms with Gasteiger partial charge in [-0.15, -0.1) is 11.3 Å². The van der Waals surface area contributed by atoms with Crippen LogP contribution in [0.25, 0.3) is 0 Å². The third-order valence-electron chi connectivity index (χ3n) is 2.83. The molecule has 1 aromatic rings. The van der Waals surface area contributed by atoms with Crippen LogP contribution in [0, 0.1) is 0 Å². The molecule has 0 fully saturated rings. The lowest BCUT2D eigenvalue weighted by Gasteiger charge is -2.19. The van der Waals surface area contributed by atoms with Crippen LogP contribution >= 0.6 is 11.3 Å². The van der Waals surface area contributed by atoms with Crippen LogP contribution in [0.2, 0.25) is 0 Å². The van der Waals surface area contributed by atoms with Crippen molar-refractivity contribution in [1.82, 2.24) is 10.6 Å². The number of sulfone groups is 1. The van der Waals surface area contributed by atoms with E-state index in [2.05, 4.69) is 15.6 Å². The summed E-state index contributed by atoms with van der Waals surface area (Å²) in [4.78, 5) is 5.28. The summed E-state index contributed by atoms with van der Waals surface area (Å²) >= 11 is 1.67. The molecule has 0 aliphatic heterocycles. The van der Waals surface area contributed by atoms with Gasteiger partial charge in [0.15, 0.2) is 15.8 Å². The second-order valence-corrected chi connectivity index (χ2v) is 9.26. The second-order valence-electron chi connectivity index (χ2n) is 5.36. The first kappa shape index (κ1) is 17.0. The molecule has 0 aromatic carbocycles. The monoisotopic (exact) mass is 317 g/mol. The van der Waals surface area contributed by atoms with Gasteiger partial charge in [0.2, 0.25) is 0 Å². The van der Waals surface area contributed by atoms with Gasteiger partial charge in [0.05, 0.1) is 17.0 Å². The van der Waals surface area contributed by atoms with E-state index < -0.39 is 14.6 Å². The molecular weight excluding hydrogens is 294 g/mol. The lowest BCUT2D eigenvalue weighted by molar-refractivity contribution is 0.559. The van der Waals surface area contributed by atoms with E-state index in [9.17, 15) is 8.42 Å². The quantitative estimate of drug-likeness (QED) is 0.639. The largest absolute Gasteiger partial charge is 0.355 e. The predicted octanol–water partition coefficient (Wildman–Crippen LogP) is 1.63. The molecule has 0 unspecified atom stereocenters. The van der Waals surface area contributed by atoms with E-state index in [1.807, 2.05) is 17.5 Å². The predicted molar refractivity (Wildman–Crippen MR) is 86.1 cm³/mol. The van der Waals surface area contributed by atoms with Crippen molar-refractivity contribution < 1.29 is 8.42 Å². The minimum absolute atomic E-state index is 0.0935. The summed E-state index contributed by atoms with van der Waals surface area (Å²) in [5.74, 6) is 0.707. The number of nitrogens with one attached hydrogen (secondary N) is 2. The lowest BCUT2D eigenvalue weighted by Crippen LogP contribution is -2.41. The van der Waals surface area contributed by atoms with Gasteiger partial charge in [-0.3, -0.25) is 4.99 Å². The minimum Gasteiger partial charge on any atom is -0.355 e. The van der Waals surface area contributed by atoms with Crippen molar-refractivity contribution in [3.63, 3.8) is 0 Å². The lowest BCUT2D eigenvalue weighted by atomic mass is 10.3. The number of aliphatic imine (C=N–C) groups is 1. The van der Waals surface area contributed by atoms with E-state index in [0.717, 1.165) is 0 Å². The van der Waals surface area contributed by atoms with Crippen LogP contribution < -0.4 is 10.6 Å². The number of hydrogen-bond donors (Lipinski definition) is 2. The number of rotatable bonds is 5. The standard InChI is InChI=1S/C13H23N3O2S2/c1-13(2,3)20(17,18)9-7-15-12(14-4)16-10-11-6-5-8-19-11/h5-6,8H,7,9-10H2,1-4H3,(H2,14,15,16). The SMILES string of the molecule is CN=C(NCCS(=O)(=O)C(C)(C)C)NCc1cccs1. The van der Waals surface area contributed by atoms with E-state index in [-0.39, 0.29) is 5.75 Å². The normalized spacial score (nSPS) is 13.3. The Balaban J connectivity index is 2.39. The van der Waals surface area contributed by atoms with Gasteiger partial charge >= 0.3 is 0 Å². The Kier molecular flexibility index (Phi) is 6.01. The third kappa shape index (κ3) is 5.13. The molecule has 20 heavy (non-hydrogen) atoms. The first-order valence-electron chi connectivity index (χ1n) is 6.45. The fraction of sp³-hybridized carbons (Fsp3) is 0.615. The van der Waals surface area contributed by atoms with Gasteiger partial charge in [-0.25, -0.2) is 8.42 Å². The highest BCUT2D eigenvalue weighted by atomic mass is 32.2. The number of nitrogens with zero attached hydrogens (tertiary/aromatic N) is 1. The van der Waals surface area contributed by atoms with E-state index in [1.165, 1.54) is 4.88 Å². The van der Waals surface area contributed by atoms with Crippen LogP contribution in [-0.4, -0.2) is 38.5 Å². The van der Waals surface area contributed by atoms with Gasteiger partial charge < -0.3 is 10.6 Å². The second kappa shape index (κ2) is 7.08. The van der Waals surface area contributed by atoms with Crippen molar-refractivity contribution in [1.29, 1.82) is 0 Å². The van der Waals surface area contributed by atoms with Crippen LogP contribution in [0.15, 0.2) is 22.5 Å². The summed E-state index contributed by atoms with van der Waals surface area (Å²) < 4.78 is 23.2. The van der Waals surface area contributed by atoms with E-state index in [4.69, 9.17) is 0 Å². The minimum atomic E-state index is -3.10. The molecule has 1 rings (SSSR count). The van der Waals surface area contributed by atoms with Crippen LogP contribution in [-0.2, 0) is 16.4 Å². The summed E-state index contributed by atoms with van der Waals surface area (Å²) in [5.41, 5.74) is 0. The van der Waals surface area contributed by atoms with Gasteiger partial charge in [0, 0.05) is 18.5 Å². The zero-order chi connectivity index (χ0) is 15.2. The molecule has 0 saturated heterocycles. The molecule has 1 heterocycles. The topological polar surface area (TPSA) is 70.6 Å². The molecule has 114 valence electrons. The average molecular weight is 317 g/mol. The summed E-state index contributed by atoms with van der Waals surface area (Å²) in [6, 6.07) is 4.03. The number of guanidine groups is 1. The molecule has 0 atom stereocenters. The van der Waals surface area contributed by atoms with Crippen molar-refractivity contribution in [2.45, 2.75) is 32.1 Å². The Morgan fingerprint density at radius 3 is 2.55 bits per heavy atom. The Labute approximate surface area is 125 Å². The molecule has 0 bridgehead atoms. The van der Waals surface area contributed by atoms with Gasteiger partial charge in [-0.2, -0.15) is 0 Å². The molecule has 0 aliphatic rings. The van der Waals surface area contributed by atoms with Gasteiger partial charge in [-0.1, -0.05) is 6.07 Å². The summed E-state index contributed by atoms with van der Waals surface area (Å²) in [6.07, 6.45) is 0. The Morgan fingerprint density at radius 2 is 2.05 bits per heavy atom. The summed E-state index contributed by atoms with van der Waals surface area (Å²) in [5, 5.41) is 8.19. The third-order valence-corrected chi connectivity index (χ3v) is 6.31. The highest BCUT2D eigenvalue weighted by Crippen LogP contribution is 2.15. The van der Waals surface area contributed by atoms with Crippen molar-refractivity contribution in [3.8, 4) is 0 Å². The van der Waals surface area contributed by atoms with Crippen LogP contribution in [0.1, 0.15) is 25.6 Å². The van der Waals surface area contributed by atoms with Gasteiger partial charge in [0.25, 0.3) is 0 Å². The van der Waals surface area contributed by atoms with Crippen molar-refractivity contribution in [2.75, 3.05) is 19.3 Å². The van der Waals surface area contributed by atoms with Crippen molar-refractivity contribution in [3.05, 3.63) is 22.4 Å². The molecule has 0 amide bonds. The summed E-state index contributed by atoms with van der Waals surface area (Å²) in [7, 11) is -1.43. The van der Waals surface area contributed by atoms with Crippen LogP contribution in [0.3, 0.4) is 0 Å². The zero-order valence-corrected chi connectivity index (χ0v) is 14.1. The smallest absolute Gasteiger partial charge is 0.191 e. The molecule has 2 N–H and O–H groups in total. The van der Waals surface area contributed by atoms with E-state index in [1.54, 1.807) is 39.2 Å². The maximum absolute atomic E-state index is 12.0. The Hall–Kier alpha value is -1.08. The van der Waals surface area contributed by atoms with Crippen LogP contribution in [0.4, 0.5) is 0 Å². The first-order valence-corrected chi connectivity index (χ1v) is 8.98. The van der Waals surface area contributed by atoms with Crippen LogP contribution in [0.5, 0.6) is 0 Å². The molecule has 0 radical (unpaired) electrons. The maximum atomic E-state index is 12.0. The highest BCUT2D eigenvalue weighted by Gasteiger charge is 2.28. The Bertz CT molecular complexity index is 528. The van der Waals surface area contributed by atoms with Gasteiger partial charge in [0.1, 0.15) is 0 Å². The fourth-order valence-electron chi connectivity index (χ4n) is 1.41. The molecular formula is C13H23N3O2S2. The maximum Gasteiger partial charge on any atom is 0.191 e. The Morgan fingerprint density at radius 1 is 1.35 bits per heavy atom. The van der Waals surface area contributed by atoms with Gasteiger partial charge in [-0.05, 0) is 32.2 Å². The summed E-state index contributed by atoms with van der Waals surface area (Å²) in [6.45, 7) is 6.18.